The lowest BCUT2D eigenvalue weighted by molar-refractivity contribution is 0.0284. The van der Waals surface area contributed by atoms with Crippen LogP contribution in [0.15, 0.2) is 41.3 Å². The number of carboxylic acid groups (broad SMARTS) is 1. The lowest BCUT2D eigenvalue weighted by atomic mass is 10.1. The first-order chi connectivity index (χ1) is 16.1. The predicted molar refractivity (Wildman–Crippen MR) is 136 cm³/mol. The average molecular weight is 525 g/mol. The highest BCUT2D eigenvalue weighted by molar-refractivity contribution is 7.98. The zero-order chi connectivity index (χ0) is 26.6. The molecule has 0 fully saturated rings. The van der Waals surface area contributed by atoms with Gasteiger partial charge in [0.1, 0.15) is 17.1 Å². The van der Waals surface area contributed by atoms with E-state index >= 15 is 0 Å². The Labute approximate surface area is 211 Å². The van der Waals surface area contributed by atoms with Crippen LogP contribution in [-0.4, -0.2) is 60.1 Å². The molecule has 0 atom stereocenters. The van der Waals surface area contributed by atoms with Crippen LogP contribution in [0.3, 0.4) is 0 Å². The third-order valence-electron chi connectivity index (χ3n) is 4.77. The molecule has 0 saturated carbocycles. The van der Waals surface area contributed by atoms with Crippen molar-refractivity contribution in [1.29, 1.82) is 0 Å². The molecule has 2 rings (SSSR count). The van der Waals surface area contributed by atoms with Crippen molar-refractivity contribution in [2.45, 2.75) is 51.3 Å². The van der Waals surface area contributed by atoms with Gasteiger partial charge in [-0.3, -0.25) is 0 Å². The second kappa shape index (κ2) is 11.2. The van der Waals surface area contributed by atoms with E-state index in [9.17, 15) is 23.1 Å². The summed E-state index contributed by atoms with van der Waals surface area (Å²) in [6, 6.07) is 10.5. The number of thioether (sulfide) groups is 1. The minimum absolute atomic E-state index is 0.0892. The monoisotopic (exact) mass is 524 g/mol. The number of aryl methyl sites for hydroxylation is 1. The topological polar surface area (TPSA) is 113 Å². The van der Waals surface area contributed by atoms with Gasteiger partial charge in [0.15, 0.2) is 0 Å². The maximum atomic E-state index is 12.5. The molecular formula is C24H32N2O7S2. The first-order valence-electron chi connectivity index (χ1n) is 10.7. The van der Waals surface area contributed by atoms with Crippen molar-refractivity contribution in [1.82, 2.24) is 9.21 Å². The standard InChI is InChI=1S/C24H32N2O7S2/c1-16-12-19(9-11-21(16)34-6)32-20-10-8-17(14-26(22(27)28)35(7,30)31)13-18(20)15-25(5)23(29)33-24(2,3)4/h8-13H,14-15H2,1-7H3,(H,27,28). The summed E-state index contributed by atoms with van der Waals surface area (Å²) in [5.41, 5.74) is 1.35. The zero-order valence-corrected chi connectivity index (χ0v) is 22.6. The smallest absolute Gasteiger partial charge is 0.421 e. The first kappa shape index (κ1) is 28.3. The van der Waals surface area contributed by atoms with Crippen molar-refractivity contribution in [2.75, 3.05) is 19.6 Å². The molecule has 0 saturated heterocycles. The molecule has 0 bridgehead atoms. The predicted octanol–water partition coefficient (Wildman–Crippen LogP) is 5.32. The summed E-state index contributed by atoms with van der Waals surface area (Å²) in [5, 5.41) is 9.33. The normalized spacial score (nSPS) is 11.6. The summed E-state index contributed by atoms with van der Waals surface area (Å²) in [5.74, 6) is 1.04. The van der Waals surface area contributed by atoms with Gasteiger partial charge in [-0.2, -0.15) is 0 Å². The largest absolute Gasteiger partial charge is 0.464 e. The molecule has 0 unspecified atom stereocenters. The van der Waals surface area contributed by atoms with E-state index in [0.717, 1.165) is 16.7 Å². The van der Waals surface area contributed by atoms with Gasteiger partial charge in [0.2, 0.25) is 10.0 Å². The quantitative estimate of drug-likeness (QED) is 0.462. The second-order valence-corrected chi connectivity index (χ2v) is 11.8. The van der Waals surface area contributed by atoms with E-state index in [2.05, 4.69) is 0 Å². The van der Waals surface area contributed by atoms with Crippen molar-refractivity contribution in [2.24, 2.45) is 0 Å². The maximum Gasteiger partial charge on any atom is 0.421 e. The third-order valence-corrected chi connectivity index (χ3v) is 6.76. The Balaban J connectivity index is 2.43. The molecular weight excluding hydrogens is 492 g/mol. The van der Waals surface area contributed by atoms with Crippen LogP contribution in [0.2, 0.25) is 0 Å². The van der Waals surface area contributed by atoms with Crippen LogP contribution in [0.5, 0.6) is 11.5 Å². The van der Waals surface area contributed by atoms with Crippen molar-refractivity contribution in [3.8, 4) is 11.5 Å². The molecule has 0 radical (unpaired) electrons. The number of hydrogen-bond donors (Lipinski definition) is 1. The molecule has 0 heterocycles. The fourth-order valence-electron chi connectivity index (χ4n) is 3.15. The van der Waals surface area contributed by atoms with Gasteiger partial charge in [0.05, 0.1) is 19.3 Å². The van der Waals surface area contributed by atoms with E-state index < -0.39 is 27.8 Å². The van der Waals surface area contributed by atoms with Gasteiger partial charge in [-0.15, -0.1) is 11.8 Å². The molecule has 1 N–H and O–H groups in total. The van der Waals surface area contributed by atoms with Crippen LogP contribution < -0.4 is 4.74 Å². The molecule has 9 nitrogen and oxygen atoms in total. The lowest BCUT2D eigenvalue weighted by Crippen LogP contribution is -2.34. The summed E-state index contributed by atoms with van der Waals surface area (Å²) >= 11 is 1.63. The zero-order valence-electron chi connectivity index (χ0n) is 21.0. The van der Waals surface area contributed by atoms with Crippen LogP contribution >= 0.6 is 11.8 Å². The number of benzene rings is 2. The molecule has 2 amide bonds. The van der Waals surface area contributed by atoms with E-state index in [0.29, 0.717) is 26.9 Å². The number of rotatable bonds is 8. The van der Waals surface area contributed by atoms with E-state index in [4.69, 9.17) is 9.47 Å². The summed E-state index contributed by atoms with van der Waals surface area (Å²) in [6.45, 7) is 6.98. The van der Waals surface area contributed by atoms with E-state index in [1.165, 1.54) is 4.90 Å². The molecule has 0 aliphatic heterocycles. The number of ether oxygens (including phenoxy) is 2. The average Bonchev–Trinajstić information content (AvgIpc) is 2.71. The van der Waals surface area contributed by atoms with Crippen LogP contribution in [0.1, 0.15) is 37.5 Å². The Morgan fingerprint density at radius 2 is 1.74 bits per heavy atom. The Bertz CT molecular complexity index is 1190. The van der Waals surface area contributed by atoms with Crippen LogP contribution in [0.25, 0.3) is 0 Å². The number of nitrogens with zero attached hydrogens (tertiary/aromatic N) is 2. The minimum Gasteiger partial charge on any atom is -0.464 e. The van der Waals surface area contributed by atoms with Crippen LogP contribution in [-0.2, 0) is 27.8 Å². The van der Waals surface area contributed by atoms with Gasteiger partial charge in [-0.1, -0.05) is 6.07 Å². The number of carbonyl (C=O) groups excluding carboxylic acids is 1. The van der Waals surface area contributed by atoms with Gasteiger partial charge in [-0.05, 0) is 75.4 Å². The SMILES string of the molecule is CSc1ccc(Oc2ccc(CN(C(=O)O)S(C)(=O)=O)cc2CN(C)C(=O)OC(C)(C)C)cc1C. The number of carbonyl (C=O) groups is 2. The van der Waals surface area contributed by atoms with Gasteiger partial charge in [0.25, 0.3) is 0 Å². The number of hydrogen-bond acceptors (Lipinski definition) is 7. The summed E-state index contributed by atoms with van der Waals surface area (Å²) < 4.78 is 35.7. The van der Waals surface area contributed by atoms with E-state index in [-0.39, 0.29) is 13.1 Å². The van der Waals surface area contributed by atoms with Crippen molar-refractivity contribution >= 4 is 34.0 Å². The van der Waals surface area contributed by atoms with Gasteiger partial charge < -0.3 is 19.5 Å². The Hall–Kier alpha value is -2.92. The highest BCUT2D eigenvalue weighted by atomic mass is 32.2. The van der Waals surface area contributed by atoms with E-state index in [1.807, 2.05) is 31.4 Å². The van der Waals surface area contributed by atoms with Gasteiger partial charge >= 0.3 is 12.2 Å². The number of amides is 2. The Morgan fingerprint density at radius 3 is 2.26 bits per heavy atom. The number of sulfonamides is 1. The van der Waals surface area contributed by atoms with Crippen molar-refractivity contribution < 1.29 is 32.6 Å². The van der Waals surface area contributed by atoms with Crippen molar-refractivity contribution in [3.63, 3.8) is 0 Å². The molecule has 2 aromatic carbocycles. The molecule has 2 aromatic rings. The fraction of sp³-hybridized carbons (Fsp3) is 0.417. The maximum absolute atomic E-state index is 12.5. The second-order valence-electron chi connectivity index (χ2n) is 9.06. The lowest BCUT2D eigenvalue weighted by Gasteiger charge is -2.25. The molecule has 35 heavy (non-hydrogen) atoms. The van der Waals surface area contributed by atoms with Gasteiger partial charge in [0, 0.05) is 17.5 Å². The van der Waals surface area contributed by atoms with Gasteiger partial charge in [-0.25, -0.2) is 22.3 Å². The Morgan fingerprint density at radius 1 is 1.09 bits per heavy atom. The van der Waals surface area contributed by atoms with Crippen LogP contribution in [0, 0.1) is 6.92 Å². The highest BCUT2D eigenvalue weighted by Gasteiger charge is 2.24. The molecule has 0 aliphatic rings. The molecule has 11 heteroatoms. The third kappa shape index (κ3) is 8.36. The van der Waals surface area contributed by atoms with Crippen molar-refractivity contribution in [3.05, 3.63) is 53.1 Å². The van der Waals surface area contributed by atoms with E-state index in [1.54, 1.807) is 57.8 Å². The molecule has 0 aliphatic carbocycles. The molecule has 0 spiro atoms. The summed E-state index contributed by atoms with van der Waals surface area (Å²) in [7, 11) is -2.41. The minimum atomic E-state index is -3.99. The Kier molecular flexibility index (Phi) is 9.07. The summed E-state index contributed by atoms with van der Waals surface area (Å²) in [4.78, 5) is 26.5. The molecule has 0 aromatic heterocycles. The van der Waals surface area contributed by atoms with Crippen LogP contribution in [0.4, 0.5) is 9.59 Å². The first-order valence-corrected chi connectivity index (χ1v) is 13.8. The highest BCUT2D eigenvalue weighted by Crippen LogP contribution is 2.31. The molecule has 192 valence electrons. The summed E-state index contributed by atoms with van der Waals surface area (Å²) in [6.07, 6.45) is 0.696. The fourth-order valence-corrected chi connectivity index (χ4v) is 4.40.